The molecule has 0 unspecified atom stereocenters. The van der Waals surface area contributed by atoms with Crippen molar-refractivity contribution >= 4 is 35.0 Å². The summed E-state index contributed by atoms with van der Waals surface area (Å²) in [6, 6.07) is 6.93. The standard InChI is InChI=1S/C12H7ClN4O2S/c13-8-5-7(11(18)19)6-14-10(8)20-12-16-15-9-3-1-2-4-17(9)12/h1-6H,(H,18,19). The van der Waals surface area contributed by atoms with E-state index in [2.05, 4.69) is 15.2 Å². The Morgan fingerprint density at radius 2 is 2.20 bits per heavy atom. The van der Waals surface area contributed by atoms with Crippen LogP contribution in [-0.4, -0.2) is 30.7 Å². The molecule has 0 saturated carbocycles. The minimum atomic E-state index is -1.07. The number of rotatable bonds is 3. The fourth-order valence-corrected chi connectivity index (χ4v) is 2.64. The third-order valence-corrected chi connectivity index (χ3v) is 3.90. The van der Waals surface area contributed by atoms with Gasteiger partial charge in [0.1, 0.15) is 5.03 Å². The molecule has 3 aromatic rings. The van der Waals surface area contributed by atoms with Crippen LogP contribution in [-0.2, 0) is 0 Å². The minimum Gasteiger partial charge on any atom is -0.478 e. The number of carboxylic acid groups (broad SMARTS) is 1. The summed E-state index contributed by atoms with van der Waals surface area (Å²) in [6.45, 7) is 0. The van der Waals surface area contributed by atoms with Crippen molar-refractivity contribution in [1.82, 2.24) is 19.6 Å². The van der Waals surface area contributed by atoms with Crippen molar-refractivity contribution < 1.29 is 9.90 Å². The van der Waals surface area contributed by atoms with Crippen LogP contribution < -0.4 is 0 Å². The number of hydrogen-bond donors (Lipinski definition) is 1. The van der Waals surface area contributed by atoms with Gasteiger partial charge in [0.05, 0.1) is 10.6 Å². The zero-order chi connectivity index (χ0) is 14.1. The number of carboxylic acids is 1. The lowest BCUT2D eigenvalue weighted by atomic mass is 10.3. The number of fused-ring (bicyclic) bond motifs is 1. The third kappa shape index (κ3) is 2.33. The van der Waals surface area contributed by atoms with E-state index in [4.69, 9.17) is 16.7 Å². The van der Waals surface area contributed by atoms with Gasteiger partial charge in [-0.25, -0.2) is 9.78 Å². The van der Waals surface area contributed by atoms with Crippen LogP contribution in [0.1, 0.15) is 10.4 Å². The van der Waals surface area contributed by atoms with E-state index in [-0.39, 0.29) is 10.6 Å². The molecule has 0 fully saturated rings. The summed E-state index contributed by atoms with van der Waals surface area (Å²) in [5, 5.41) is 18.3. The van der Waals surface area contributed by atoms with Gasteiger partial charge >= 0.3 is 5.97 Å². The van der Waals surface area contributed by atoms with E-state index in [1.165, 1.54) is 24.0 Å². The molecule has 0 aliphatic rings. The number of aromatic nitrogens is 4. The summed E-state index contributed by atoms with van der Waals surface area (Å²) < 4.78 is 1.80. The SMILES string of the molecule is O=C(O)c1cnc(Sc2nnc3ccccn23)c(Cl)c1. The molecule has 20 heavy (non-hydrogen) atoms. The van der Waals surface area contributed by atoms with Crippen molar-refractivity contribution in [2.45, 2.75) is 10.2 Å². The highest BCUT2D eigenvalue weighted by atomic mass is 35.5. The Bertz CT molecular complexity index is 805. The van der Waals surface area contributed by atoms with E-state index in [0.29, 0.717) is 15.8 Å². The first-order valence-corrected chi connectivity index (χ1v) is 6.71. The highest BCUT2D eigenvalue weighted by Crippen LogP contribution is 2.30. The molecule has 0 aliphatic heterocycles. The van der Waals surface area contributed by atoms with E-state index in [9.17, 15) is 4.79 Å². The van der Waals surface area contributed by atoms with Crippen molar-refractivity contribution in [3.63, 3.8) is 0 Å². The molecule has 8 heteroatoms. The van der Waals surface area contributed by atoms with Gasteiger partial charge < -0.3 is 5.11 Å². The maximum atomic E-state index is 10.8. The lowest BCUT2D eigenvalue weighted by Crippen LogP contribution is -1.98. The van der Waals surface area contributed by atoms with Gasteiger partial charge in [-0.05, 0) is 30.0 Å². The average molecular weight is 307 g/mol. The molecule has 0 atom stereocenters. The zero-order valence-electron chi connectivity index (χ0n) is 9.89. The van der Waals surface area contributed by atoms with E-state index >= 15 is 0 Å². The van der Waals surface area contributed by atoms with Crippen LogP contribution >= 0.6 is 23.4 Å². The summed E-state index contributed by atoms with van der Waals surface area (Å²) in [5.74, 6) is -1.07. The van der Waals surface area contributed by atoms with Crippen LogP contribution in [0.2, 0.25) is 5.02 Å². The summed E-state index contributed by atoms with van der Waals surface area (Å²) in [6.07, 6.45) is 3.09. The first kappa shape index (κ1) is 12.9. The maximum Gasteiger partial charge on any atom is 0.337 e. The van der Waals surface area contributed by atoms with Crippen molar-refractivity contribution in [3.05, 3.63) is 47.2 Å². The molecule has 0 spiro atoms. The van der Waals surface area contributed by atoms with Gasteiger partial charge in [-0.2, -0.15) is 0 Å². The third-order valence-electron chi connectivity index (χ3n) is 2.52. The van der Waals surface area contributed by atoms with Gasteiger partial charge in [-0.15, -0.1) is 10.2 Å². The van der Waals surface area contributed by atoms with Crippen molar-refractivity contribution in [3.8, 4) is 0 Å². The Hall–Kier alpha value is -2.12. The normalized spacial score (nSPS) is 10.8. The van der Waals surface area contributed by atoms with E-state index in [0.717, 1.165) is 0 Å². The van der Waals surface area contributed by atoms with E-state index in [1.807, 2.05) is 24.4 Å². The fraction of sp³-hybridized carbons (Fsp3) is 0. The predicted octanol–water partition coefficient (Wildman–Crippen LogP) is 2.63. The lowest BCUT2D eigenvalue weighted by molar-refractivity contribution is 0.0696. The molecule has 100 valence electrons. The van der Waals surface area contributed by atoms with Crippen molar-refractivity contribution in [2.75, 3.05) is 0 Å². The minimum absolute atomic E-state index is 0.0467. The predicted molar refractivity (Wildman–Crippen MR) is 73.3 cm³/mol. The molecule has 3 rings (SSSR count). The smallest absolute Gasteiger partial charge is 0.337 e. The first-order valence-electron chi connectivity index (χ1n) is 5.51. The number of aromatic carboxylic acids is 1. The molecule has 0 radical (unpaired) electrons. The van der Waals surface area contributed by atoms with Crippen LogP contribution in [0.15, 0.2) is 46.8 Å². The van der Waals surface area contributed by atoms with E-state index in [1.54, 1.807) is 4.40 Å². The molecular formula is C12H7ClN4O2S. The van der Waals surface area contributed by atoms with Crippen LogP contribution in [0.3, 0.4) is 0 Å². The Morgan fingerprint density at radius 1 is 1.35 bits per heavy atom. The molecule has 0 saturated heterocycles. The lowest BCUT2D eigenvalue weighted by Gasteiger charge is -2.02. The fourth-order valence-electron chi connectivity index (χ4n) is 1.59. The maximum absolute atomic E-state index is 10.8. The average Bonchev–Trinajstić information content (AvgIpc) is 2.84. The molecule has 1 N–H and O–H groups in total. The first-order chi connectivity index (χ1) is 9.65. The highest BCUT2D eigenvalue weighted by molar-refractivity contribution is 7.99. The molecule has 3 aromatic heterocycles. The molecule has 0 aromatic carbocycles. The number of pyridine rings is 2. The quantitative estimate of drug-likeness (QED) is 0.801. The van der Waals surface area contributed by atoms with Gasteiger partial charge in [0.15, 0.2) is 5.65 Å². The number of halogens is 1. The summed E-state index contributed by atoms with van der Waals surface area (Å²) in [5.41, 5.74) is 0.763. The van der Waals surface area contributed by atoms with Gasteiger partial charge in [0, 0.05) is 12.4 Å². The van der Waals surface area contributed by atoms with Crippen LogP contribution in [0.5, 0.6) is 0 Å². The zero-order valence-corrected chi connectivity index (χ0v) is 11.5. The largest absolute Gasteiger partial charge is 0.478 e. The Balaban J connectivity index is 1.97. The molecule has 0 aliphatic carbocycles. The van der Waals surface area contributed by atoms with Crippen LogP contribution in [0, 0.1) is 0 Å². The Labute approximate surface area is 122 Å². The van der Waals surface area contributed by atoms with Gasteiger partial charge in [0.2, 0.25) is 5.16 Å². The monoisotopic (exact) mass is 306 g/mol. The summed E-state index contributed by atoms with van der Waals surface area (Å²) in [4.78, 5) is 14.9. The summed E-state index contributed by atoms with van der Waals surface area (Å²) in [7, 11) is 0. The number of nitrogens with zero attached hydrogens (tertiary/aromatic N) is 4. The molecular weight excluding hydrogens is 300 g/mol. The second kappa shape index (κ2) is 5.10. The van der Waals surface area contributed by atoms with Gasteiger partial charge in [-0.1, -0.05) is 17.7 Å². The highest BCUT2D eigenvalue weighted by Gasteiger charge is 2.13. The van der Waals surface area contributed by atoms with Crippen LogP contribution in [0.25, 0.3) is 5.65 Å². The second-order valence-electron chi connectivity index (χ2n) is 3.83. The van der Waals surface area contributed by atoms with Crippen molar-refractivity contribution in [2.24, 2.45) is 0 Å². The molecule has 0 amide bonds. The Kier molecular flexibility index (Phi) is 3.29. The number of hydrogen-bond acceptors (Lipinski definition) is 5. The van der Waals surface area contributed by atoms with Crippen LogP contribution in [0.4, 0.5) is 0 Å². The molecule has 3 heterocycles. The van der Waals surface area contributed by atoms with Gasteiger partial charge in [-0.3, -0.25) is 4.40 Å². The van der Waals surface area contributed by atoms with Gasteiger partial charge in [0.25, 0.3) is 0 Å². The second-order valence-corrected chi connectivity index (χ2v) is 5.19. The van der Waals surface area contributed by atoms with E-state index < -0.39 is 5.97 Å². The van der Waals surface area contributed by atoms with Crippen molar-refractivity contribution in [1.29, 1.82) is 0 Å². The topological polar surface area (TPSA) is 80.4 Å². The summed E-state index contributed by atoms with van der Waals surface area (Å²) >= 11 is 7.26. The molecule has 0 bridgehead atoms. The number of carbonyl (C=O) groups is 1. The Morgan fingerprint density at radius 3 is 2.95 bits per heavy atom. The molecule has 6 nitrogen and oxygen atoms in total.